The molecule has 0 bridgehead atoms. The van der Waals surface area contributed by atoms with Crippen molar-refractivity contribution in [3.63, 3.8) is 0 Å². The summed E-state index contributed by atoms with van der Waals surface area (Å²) in [5, 5.41) is 2.85. The topological polar surface area (TPSA) is 61.9 Å². The van der Waals surface area contributed by atoms with Gasteiger partial charge in [0.15, 0.2) is 0 Å². The zero-order valence-corrected chi connectivity index (χ0v) is 18.3. The number of anilines is 1. The number of nitrogens with zero attached hydrogens (tertiary/aromatic N) is 2. The van der Waals surface area contributed by atoms with Crippen molar-refractivity contribution < 1.29 is 14.3 Å². The fraction of sp³-hybridized carbons (Fsp3) is 0.417. The molecule has 0 saturated carbocycles. The minimum absolute atomic E-state index is 0.157. The maximum Gasteiger partial charge on any atom is 0.339 e. The third-order valence-corrected chi connectivity index (χ3v) is 5.46. The van der Waals surface area contributed by atoms with E-state index < -0.39 is 5.97 Å². The van der Waals surface area contributed by atoms with E-state index in [9.17, 15) is 9.59 Å². The summed E-state index contributed by atoms with van der Waals surface area (Å²) in [5.41, 5.74) is 3.60. The first-order chi connectivity index (χ1) is 14.3. The molecular weight excluding hydrogens is 378 g/mol. The summed E-state index contributed by atoms with van der Waals surface area (Å²) in [5.74, 6) is -0.465. The first-order valence-corrected chi connectivity index (χ1v) is 10.3. The lowest BCUT2D eigenvalue weighted by Gasteiger charge is -2.34. The molecule has 1 aliphatic rings. The van der Waals surface area contributed by atoms with E-state index in [-0.39, 0.29) is 11.4 Å². The predicted octanol–water partition coefficient (Wildman–Crippen LogP) is 4.12. The largest absolute Gasteiger partial charge is 0.465 e. The van der Waals surface area contributed by atoms with Gasteiger partial charge in [0.2, 0.25) is 0 Å². The van der Waals surface area contributed by atoms with Gasteiger partial charge in [-0.05, 0) is 28.7 Å². The minimum Gasteiger partial charge on any atom is -0.465 e. The Morgan fingerprint density at radius 1 is 0.967 bits per heavy atom. The zero-order valence-electron chi connectivity index (χ0n) is 18.3. The molecule has 6 nitrogen and oxygen atoms in total. The first-order valence-electron chi connectivity index (χ1n) is 10.3. The highest BCUT2D eigenvalue weighted by Crippen LogP contribution is 2.23. The van der Waals surface area contributed by atoms with Gasteiger partial charge in [0.1, 0.15) is 0 Å². The molecule has 0 unspecified atom stereocenters. The second kappa shape index (κ2) is 9.30. The van der Waals surface area contributed by atoms with Crippen molar-refractivity contribution in [1.82, 2.24) is 9.80 Å². The Kier molecular flexibility index (Phi) is 6.77. The number of para-hydroxylation sites is 1. The third kappa shape index (κ3) is 5.39. The van der Waals surface area contributed by atoms with E-state index in [2.05, 4.69) is 55.3 Å². The Balaban J connectivity index is 1.53. The maximum absolute atomic E-state index is 12.7. The Hall–Kier alpha value is -2.86. The molecular formula is C24H31N3O3. The van der Waals surface area contributed by atoms with E-state index in [0.717, 1.165) is 19.6 Å². The molecule has 0 radical (unpaired) electrons. The van der Waals surface area contributed by atoms with Crippen molar-refractivity contribution >= 4 is 17.7 Å². The van der Waals surface area contributed by atoms with Crippen LogP contribution in [0.1, 0.15) is 42.3 Å². The summed E-state index contributed by atoms with van der Waals surface area (Å²) in [4.78, 5) is 28.7. The number of piperazine rings is 1. The summed E-state index contributed by atoms with van der Waals surface area (Å²) < 4.78 is 4.79. The molecule has 0 aliphatic carbocycles. The minimum atomic E-state index is -0.465. The first kappa shape index (κ1) is 21.8. The van der Waals surface area contributed by atoms with Gasteiger partial charge >= 0.3 is 12.0 Å². The van der Waals surface area contributed by atoms with Crippen molar-refractivity contribution in [2.24, 2.45) is 0 Å². The molecule has 1 N–H and O–H groups in total. The number of esters is 1. The monoisotopic (exact) mass is 409 g/mol. The Morgan fingerprint density at radius 3 is 2.20 bits per heavy atom. The van der Waals surface area contributed by atoms with Crippen LogP contribution in [0.2, 0.25) is 0 Å². The van der Waals surface area contributed by atoms with Crippen molar-refractivity contribution in [1.29, 1.82) is 0 Å². The number of nitrogens with one attached hydrogen (secondary N) is 1. The number of urea groups is 1. The lowest BCUT2D eigenvalue weighted by atomic mass is 9.87. The van der Waals surface area contributed by atoms with Crippen molar-refractivity contribution in [2.45, 2.75) is 32.7 Å². The van der Waals surface area contributed by atoms with Crippen LogP contribution in [-0.2, 0) is 16.7 Å². The lowest BCUT2D eigenvalue weighted by Crippen LogP contribution is -2.49. The van der Waals surface area contributed by atoms with Gasteiger partial charge < -0.3 is 15.0 Å². The molecule has 2 aromatic rings. The molecule has 6 heteroatoms. The SMILES string of the molecule is COC(=O)c1ccccc1NC(=O)N1CCN(Cc2ccc(C(C)(C)C)cc2)CC1. The summed E-state index contributed by atoms with van der Waals surface area (Å²) >= 11 is 0. The van der Waals surface area contributed by atoms with Crippen LogP contribution in [0.3, 0.4) is 0 Å². The van der Waals surface area contributed by atoms with E-state index in [0.29, 0.717) is 24.3 Å². The molecule has 160 valence electrons. The van der Waals surface area contributed by atoms with Crippen LogP contribution in [0.4, 0.5) is 10.5 Å². The number of methoxy groups -OCH3 is 1. The van der Waals surface area contributed by atoms with Crippen molar-refractivity contribution in [3.05, 3.63) is 65.2 Å². The smallest absolute Gasteiger partial charge is 0.339 e. The lowest BCUT2D eigenvalue weighted by molar-refractivity contribution is 0.0602. The number of ether oxygens (including phenoxy) is 1. The third-order valence-electron chi connectivity index (χ3n) is 5.46. The number of hydrogen-bond donors (Lipinski definition) is 1. The van der Waals surface area contributed by atoms with Gasteiger partial charge in [-0.25, -0.2) is 9.59 Å². The van der Waals surface area contributed by atoms with E-state index in [1.54, 1.807) is 29.2 Å². The Morgan fingerprint density at radius 2 is 1.60 bits per heavy atom. The van der Waals surface area contributed by atoms with Gasteiger partial charge in [-0.2, -0.15) is 0 Å². The molecule has 1 fully saturated rings. The Bertz CT molecular complexity index is 879. The molecule has 2 amide bonds. The fourth-order valence-electron chi connectivity index (χ4n) is 3.55. The van der Waals surface area contributed by atoms with Gasteiger partial charge in [0.25, 0.3) is 0 Å². The van der Waals surface area contributed by atoms with Crippen LogP contribution in [0.25, 0.3) is 0 Å². The number of amides is 2. The van der Waals surface area contributed by atoms with Crippen LogP contribution in [0.15, 0.2) is 48.5 Å². The van der Waals surface area contributed by atoms with Gasteiger partial charge in [-0.3, -0.25) is 4.90 Å². The molecule has 30 heavy (non-hydrogen) atoms. The molecule has 1 aliphatic heterocycles. The normalized spacial score (nSPS) is 15.0. The molecule has 1 saturated heterocycles. The van der Waals surface area contributed by atoms with E-state index in [1.807, 2.05) is 0 Å². The van der Waals surface area contributed by atoms with Crippen LogP contribution in [0, 0.1) is 0 Å². The summed E-state index contributed by atoms with van der Waals surface area (Å²) in [6, 6.07) is 15.5. The van der Waals surface area contributed by atoms with Gasteiger partial charge in [0.05, 0.1) is 18.4 Å². The molecule has 0 aromatic heterocycles. The zero-order chi connectivity index (χ0) is 21.7. The number of hydrogen-bond acceptors (Lipinski definition) is 4. The van der Waals surface area contributed by atoms with Crippen LogP contribution in [-0.4, -0.2) is 55.1 Å². The average Bonchev–Trinajstić information content (AvgIpc) is 2.74. The summed E-state index contributed by atoms with van der Waals surface area (Å²) in [6.07, 6.45) is 0. The molecule has 3 rings (SSSR count). The average molecular weight is 410 g/mol. The second-order valence-electron chi connectivity index (χ2n) is 8.68. The maximum atomic E-state index is 12.7. The molecule has 0 spiro atoms. The van der Waals surface area contributed by atoms with Gasteiger partial charge in [0, 0.05) is 32.7 Å². The number of carbonyl (C=O) groups is 2. The Labute approximate surface area is 178 Å². The van der Waals surface area contributed by atoms with Gasteiger partial charge in [-0.1, -0.05) is 57.2 Å². The fourth-order valence-corrected chi connectivity index (χ4v) is 3.55. The van der Waals surface area contributed by atoms with Gasteiger partial charge in [-0.15, -0.1) is 0 Å². The second-order valence-corrected chi connectivity index (χ2v) is 8.68. The summed E-state index contributed by atoms with van der Waals surface area (Å²) in [6.45, 7) is 10.4. The highest BCUT2D eigenvalue weighted by Gasteiger charge is 2.23. The predicted molar refractivity (Wildman–Crippen MR) is 119 cm³/mol. The molecule has 1 heterocycles. The van der Waals surface area contributed by atoms with Crippen LogP contribution in [0.5, 0.6) is 0 Å². The van der Waals surface area contributed by atoms with E-state index >= 15 is 0 Å². The highest BCUT2D eigenvalue weighted by atomic mass is 16.5. The summed E-state index contributed by atoms with van der Waals surface area (Å²) in [7, 11) is 1.33. The number of carbonyl (C=O) groups excluding carboxylic acids is 2. The van der Waals surface area contributed by atoms with Crippen molar-refractivity contribution in [2.75, 3.05) is 38.6 Å². The molecule has 0 atom stereocenters. The van der Waals surface area contributed by atoms with Crippen molar-refractivity contribution in [3.8, 4) is 0 Å². The molecule has 2 aromatic carbocycles. The van der Waals surface area contributed by atoms with Crippen LogP contribution < -0.4 is 5.32 Å². The van der Waals surface area contributed by atoms with Crippen LogP contribution >= 0.6 is 0 Å². The number of rotatable bonds is 4. The number of benzene rings is 2. The van der Waals surface area contributed by atoms with E-state index in [4.69, 9.17) is 4.74 Å². The highest BCUT2D eigenvalue weighted by molar-refractivity contribution is 6.00. The standard InChI is InChI=1S/C24H31N3O3/c1-24(2,3)19-11-9-18(10-12-19)17-26-13-15-27(16-14-26)23(29)25-21-8-6-5-7-20(21)22(28)30-4/h5-12H,13-17H2,1-4H3,(H,25,29). The van der Waals surface area contributed by atoms with E-state index in [1.165, 1.54) is 18.2 Å². The quantitative estimate of drug-likeness (QED) is 0.772.